The van der Waals surface area contributed by atoms with Gasteiger partial charge in [0.15, 0.2) is 0 Å². The first-order valence-corrected chi connectivity index (χ1v) is 7.76. The number of hydrogen-bond acceptors (Lipinski definition) is 4. The third-order valence-corrected chi connectivity index (χ3v) is 5.22. The highest BCUT2D eigenvalue weighted by atomic mass is 16.5. The van der Waals surface area contributed by atoms with E-state index < -0.39 is 0 Å². The van der Waals surface area contributed by atoms with Crippen molar-refractivity contribution in [3.63, 3.8) is 0 Å². The van der Waals surface area contributed by atoms with Crippen LogP contribution in [0.25, 0.3) is 0 Å². The highest BCUT2D eigenvalue weighted by Gasteiger charge is 2.37. The molecule has 1 aliphatic heterocycles. The zero-order chi connectivity index (χ0) is 13.7. The lowest BCUT2D eigenvalue weighted by atomic mass is 9.78. The Morgan fingerprint density at radius 1 is 1.32 bits per heavy atom. The molecule has 112 valence electrons. The Balaban J connectivity index is 1.85. The number of hydrogen-bond donors (Lipinski definition) is 2. The maximum absolute atomic E-state index is 9.67. The summed E-state index contributed by atoms with van der Waals surface area (Å²) in [5, 5.41) is 13.0. The van der Waals surface area contributed by atoms with Crippen molar-refractivity contribution in [3.8, 4) is 0 Å². The summed E-state index contributed by atoms with van der Waals surface area (Å²) in [7, 11) is 3.79. The Bertz CT molecular complexity index is 261. The van der Waals surface area contributed by atoms with Crippen molar-refractivity contribution >= 4 is 0 Å². The molecule has 0 aromatic heterocycles. The fourth-order valence-electron chi connectivity index (χ4n) is 3.81. The number of rotatable bonds is 5. The zero-order valence-corrected chi connectivity index (χ0v) is 12.5. The van der Waals surface area contributed by atoms with Gasteiger partial charge in [0.2, 0.25) is 0 Å². The maximum Gasteiger partial charge on any atom is 0.0613 e. The molecule has 2 rings (SSSR count). The van der Waals surface area contributed by atoms with Gasteiger partial charge in [-0.1, -0.05) is 0 Å². The summed E-state index contributed by atoms with van der Waals surface area (Å²) < 4.78 is 5.27. The highest BCUT2D eigenvalue weighted by molar-refractivity contribution is 4.96. The Labute approximate surface area is 117 Å². The number of methoxy groups -OCH3 is 1. The van der Waals surface area contributed by atoms with E-state index >= 15 is 0 Å². The molecule has 1 aliphatic carbocycles. The SMILES string of the molecule is CNC1(CO)CCCC(N2CCC(COC)CC2)C1. The van der Waals surface area contributed by atoms with Gasteiger partial charge in [0.05, 0.1) is 6.61 Å². The van der Waals surface area contributed by atoms with Crippen LogP contribution in [-0.4, -0.2) is 62.0 Å². The number of piperidine rings is 1. The molecule has 0 bridgehead atoms. The highest BCUT2D eigenvalue weighted by Crippen LogP contribution is 2.32. The van der Waals surface area contributed by atoms with Gasteiger partial charge in [0, 0.05) is 25.3 Å². The normalized spacial score (nSPS) is 34.6. The first kappa shape index (κ1) is 15.2. The van der Waals surface area contributed by atoms with Crippen LogP contribution in [0.2, 0.25) is 0 Å². The van der Waals surface area contributed by atoms with E-state index in [1.54, 1.807) is 7.11 Å². The number of ether oxygens (including phenoxy) is 1. The number of aliphatic hydroxyl groups is 1. The minimum absolute atomic E-state index is 0.0354. The summed E-state index contributed by atoms with van der Waals surface area (Å²) in [5.74, 6) is 0.747. The molecular formula is C15H30N2O2. The minimum atomic E-state index is -0.0354. The van der Waals surface area contributed by atoms with Crippen molar-refractivity contribution in [1.29, 1.82) is 0 Å². The minimum Gasteiger partial charge on any atom is -0.394 e. The Kier molecular flexibility index (Phi) is 5.63. The monoisotopic (exact) mass is 270 g/mol. The van der Waals surface area contributed by atoms with Crippen LogP contribution in [0.3, 0.4) is 0 Å². The molecule has 0 radical (unpaired) electrons. The molecule has 2 unspecified atom stereocenters. The molecule has 4 heteroatoms. The Morgan fingerprint density at radius 3 is 2.63 bits per heavy atom. The molecule has 2 aliphatic rings. The number of nitrogens with one attached hydrogen (secondary N) is 1. The largest absolute Gasteiger partial charge is 0.394 e. The third kappa shape index (κ3) is 3.69. The van der Waals surface area contributed by atoms with E-state index in [0.717, 1.165) is 25.4 Å². The van der Waals surface area contributed by atoms with Crippen LogP contribution in [0.1, 0.15) is 38.5 Å². The van der Waals surface area contributed by atoms with E-state index in [-0.39, 0.29) is 12.1 Å². The van der Waals surface area contributed by atoms with Gasteiger partial charge in [-0.25, -0.2) is 0 Å². The van der Waals surface area contributed by atoms with Crippen LogP contribution >= 0.6 is 0 Å². The number of likely N-dealkylation sites (N-methyl/N-ethyl adjacent to an activating group) is 1. The van der Waals surface area contributed by atoms with Gasteiger partial charge in [0.25, 0.3) is 0 Å². The summed E-state index contributed by atoms with van der Waals surface area (Å²) >= 11 is 0. The van der Waals surface area contributed by atoms with Crippen LogP contribution in [0.15, 0.2) is 0 Å². The molecule has 1 heterocycles. The smallest absolute Gasteiger partial charge is 0.0613 e. The molecular weight excluding hydrogens is 240 g/mol. The molecule has 0 aromatic rings. The average molecular weight is 270 g/mol. The van der Waals surface area contributed by atoms with Crippen LogP contribution < -0.4 is 5.32 Å². The first-order valence-electron chi connectivity index (χ1n) is 7.76. The van der Waals surface area contributed by atoms with E-state index in [2.05, 4.69) is 10.2 Å². The number of nitrogens with zero attached hydrogens (tertiary/aromatic N) is 1. The summed E-state index contributed by atoms with van der Waals surface area (Å²) in [6, 6.07) is 0.650. The van der Waals surface area contributed by atoms with E-state index in [4.69, 9.17) is 4.74 Å². The summed E-state index contributed by atoms with van der Waals surface area (Å²) in [4.78, 5) is 2.65. The fourth-order valence-corrected chi connectivity index (χ4v) is 3.81. The second-order valence-electron chi connectivity index (χ2n) is 6.37. The molecule has 4 nitrogen and oxygen atoms in total. The maximum atomic E-state index is 9.67. The predicted octanol–water partition coefficient (Wildman–Crippen LogP) is 1.24. The van der Waals surface area contributed by atoms with E-state index in [1.807, 2.05) is 7.05 Å². The van der Waals surface area contributed by atoms with Gasteiger partial charge in [0.1, 0.15) is 0 Å². The van der Waals surface area contributed by atoms with Crippen LogP contribution in [0.5, 0.6) is 0 Å². The lowest BCUT2D eigenvalue weighted by Crippen LogP contribution is -2.55. The molecule has 0 aromatic carbocycles. The topological polar surface area (TPSA) is 44.7 Å². The van der Waals surface area contributed by atoms with Gasteiger partial charge < -0.3 is 20.1 Å². The molecule has 1 saturated carbocycles. The summed E-state index contributed by atoms with van der Waals surface area (Å²) in [5.41, 5.74) is -0.0354. The second kappa shape index (κ2) is 7.02. The van der Waals surface area contributed by atoms with E-state index in [0.29, 0.717) is 6.04 Å². The van der Waals surface area contributed by atoms with Crippen molar-refractivity contribution in [3.05, 3.63) is 0 Å². The van der Waals surface area contributed by atoms with Crippen molar-refractivity contribution in [2.75, 3.05) is 40.5 Å². The molecule has 19 heavy (non-hydrogen) atoms. The van der Waals surface area contributed by atoms with Crippen LogP contribution in [-0.2, 0) is 4.74 Å². The molecule has 0 amide bonds. The molecule has 2 atom stereocenters. The standard InChI is InChI=1S/C15H30N2O2/c1-16-15(12-18)7-3-4-14(10-15)17-8-5-13(6-9-17)11-19-2/h13-14,16,18H,3-12H2,1-2H3. The molecule has 2 fully saturated rings. The Morgan fingerprint density at radius 2 is 2.05 bits per heavy atom. The summed E-state index contributed by atoms with van der Waals surface area (Å²) in [6.45, 7) is 3.57. The van der Waals surface area contributed by atoms with Gasteiger partial charge in [-0.05, 0) is 64.6 Å². The Hall–Kier alpha value is -0.160. The molecule has 0 spiro atoms. The average Bonchev–Trinajstić information content (AvgIpc) is 2.48. The van der Waals surface area contributed by atoms with Crippen LogP contribution in [0.4, 0.5) is 0 Å². The zero-order valence-electron chi connectivity index (χ0n) is 12.5. The van der Waals surface area contributed by atoms with Gasteiger partial charge in [-0.15, -0.1) is 0 Å². The van der Waals surface area contributed by atoms with Crippen molar-refractivity contribution in [1.82, 2.24) is 10.2 Å². The van der Waals surface area contributed by atoms with Gasteiger partial charge in [-0.3, -0.25) is 0 Å². The molecule has 2 N–H and O–H groups in total. The van der Waals surface area contributed by atoms with E-state index in [9.17, 15) is 5.11 Å². The number of aliphatic hydroxyl groups excluding tert-OH is 1. The summed E-state index contributed by atoms with van der Waals surface area (Å²) in [6.07, 6.45) is 7.24. The number of likely N-dealkylation sites (tertiary alicyclic amines) is 1. The van der Waals surface area contributed by atoms with E-state index in [1.165, 1.54) is 38.8 Å². The van der Waals surface area contributed by atoms with Crippen molar-refractivity contribution < 1.29 is 9.84 Å². The van der Waals surface area contributed by atoms with Crippen molar-refractivity contribution in [2.45, 2.75) is 50.1 Å². The van der Waals surface area contributed by atoms with Gasteiger partial charge >= 0.3 is 0 Å². The third-order valence-electron chi connectivity index (χ3n) is 5.22. The lowest BCUT2D eigenvalue weighted by Gasteiger charge is -2.45. The molecule has 1 saturated heterocycles. The quantitative estimate of drug-likeness (QED) is 0.789. The first-order chi connectivity index (χ1) is 9.23. The fraction of sp³-hybridized carbons (Fsp3) is 1.00. The lowest BCUT2D eigenvalue weighted by molar-refractivity contribution is 0.0336. The van der Waals surface area contributed by atoms with Gasteiger partial charge in [-0.2, -0.15) is 0 Å². The predicted molar refractivity (Wildman–Crippen MR) is 77.3 cm³/mol. The second-order valence-corrected chi connectivity index (χ2v) is 6.37. The van der Waals surface area contributed by atoms with Crippen molar-refractivity contribution in [2.24, 2.45) is 5.92 Å². The van der Waals surface area contributed by atoms with Crippen LogP contribution in [0, 0.1) is 5.92 Å².